The first-order chi connectivity index (χ1) is 9.43. The summed E-state index contributed by atoms with van der Waals surface area (Å²) in [5, 5.41) is 0. The summed E-state index contributed by atoms with van der Waals surface area (Å²) in [6.07, 6.45) is 3.43. The van der Waals surface area contributed by atoms with Gasteiger partial charge in [-0.25, -0.2) is 8.42 Å². The van der Waals surface area contributed by atoms with Crippen molar-refractivity contribution in [1.82, 2.24) is 0 Å². The summed E-state index contributed by atoms with van der Waals surface area (Å²) in [6, 6.07) is 5.17. The number of anilines is 2. The van der Waals surface area contributed by atoms with Gasteiger partial charge in [0.1, 0.15) is 0 Å². The van der Waals surface area contributed by atoms with Crippen molar-refractivity contribution in [2.45, 2.75) is 30.8 Å². The molecule has 0 radical (unpaired) electrons. The summed E-state index contributed by atoms with van der Waals surface area (Å²) < 4.78 is 29.1. The van der Waals surface area contributed by atoms with E-state index < -0.39 is 9.84 Å². The number of para-hydroxylation sites is 1. The lowest BCUT2D eigenvalue weighted by Crippen LogP contribution is -2.40. The Kier molecular flexibility index (Phi) is 4.55. The molecule has 6 heteroatoms. The molecule has 1 unspecified atom stereocenters. The van der Waals surface area contributed by atoms with Crippen molar-refractivity contribution in [3.8, 4) is 0 Å². The van der Waals surface area contributed by atoms with Crippen LogP contribution >= 0.6 is 0 Å². The van der Waals surface area contributed by atoms with Crippen LogP contribution in [0, 0.1) is 0 Å². The van der Waals surface area contributed by atoms with Crippen LogP contribution < -0.4 is 10.6 Å². The molecule has 1 aliphatic heterocycles. The Morgan fingerprint density at radius 2 is 2.20 bits per heavy atom. The summed E-state index contributed by atoms with van der Waals surface area (Å²) in [5.41, 5.74) is 7.19. The SMILES string of the molecule is CCOC1CCCN(c2cccc(S(C)(=O)=O)c2N)C1. The van der Waals surface area contributed by atoms with E-state index in [0.29, 0.717) is 12.3 Å². The maximum absolute atomic E-state index is 11.7. The Morgan fingerprint density at radius 3 is 2.85 bits per heavy atom. The van der Waals surface area contributed by atoms with Gasteiger partial charge in [-0.05, 0) is 31.9 Å². The number of nitrogens with zero attached hydrogens (tertiary/aromatic N) is 1. The summed E-state index contributed by atoms with van der Waals surface area (Å²) in [6.45, 7) is 4.31. The standard InChI is InChI=1S/C14H22N2O3S/c1-3-19-11-6-5-9-16(10-11)12-7-4-8-13(14(12)15)20(2,17)18/h4,7-8,11H,3,5-6,9-10,15H2,1-2H3. The van der Waals surface area contributed by atoms with Gasteiger partial charge in [0.25, 0.3) is 0 Å². The Balaban J connectivity index is 2.29. The number of piperidine rings is 1. The quantitative estimate of drug-likeness (QED) is 0.856. The molecule has 0 spiro atoms. The third kappa shape index (κ3) is 3.24. The molecular weight excluding hydrogens is 276 g/mol. The van der Waals surface area contributed by atoms with Gasteiger partial charge in [-0.2, -0.15) is 0 Å². The smallest absolute Gasteiger partial charge is 0.177 e. The van der Waals surface area contributed by atoms with E-state index in [1.54, 1.807) is 12.1 Å². The van der Waals surface area contributed by atoms with Crippen molar-refractivity contribution in [3.63, 3.8) is 0 Å². The second kappa shape index (κ2) is 6.01. The Labute approximate surface area is 120 Å². The minimum Gasteiger partial charge on any atom is -0.396 e. The van der Waals surface area contributed by atoms with E-state index in [2.05, 4.69) is 4.90 Å². The monoisotopic (exact) mass is 298 g/mol. The van der Waals surface area contributed by atoms with Crippen molar-refractivity contribution in [2.75, 3.05) is 36.6 Å². The fraction of sp³-hybridized carbons (Fsp3) is 0.571. The van der Waals surface area contributed by atoms with E-state index in [1.807, 2.05) is 13.0 Å². The van der Waals surface area contributed by atoms with Crippen molar-refractivity contribution >= 4 is 21.2 Å². The van der Waals surface area contributed by atoms with Crippen LogP contribution in [-0.2, 0) is 14.6 Å². The van der Waals surface area contributed by atoms with Crippen LogP contribution in [0.25, 0.3) is 0 Å². The normalized spacial score (nSPS) is 20.1. The predicted octanol–water partition coefficient (Wildman–Crippen LogP) is 1.68. The Bertz CT molecular complexity index is 570. The molecule has 2 N–H and O–H groups in total. The number of hydrogen-bond acceptors (Lipinski definition) is 5. The fourth-order valence-electron chi connectivity index (χ4n) is 2.66. The molecule has 0 aromatic heterocycles. The van der Waals surface area contributed by atoms with E-state index in [9.17, 15) is 8.42 Å². The van der Waals surface area contributed by atoms with E-state index >= 15 is 0 Å². The molecule has 0 bridgehead atoms. The van der Waals surface area contributed by atoms with Gasteiger partial charge >= 0.3 is 0 Å². The second-order valence-corrected chi connectivity index (χ2v) is 7.11. The molecule has 0 amide bonds. The molecule has 1 heterocycles. The molecule has 1 aromatic rings. The molecule has 0 aliphatic carbocycles. The maximum Gasteiger partial charge on any atom is 0.177 e. The van der Waals surface area contributed by atoms with E-state index in [-0.39, 0.29) is 11.0 Å². The van der Waals surface area contributed by atoms with Crippen LogP contribution in [0.1, 0.15) is 19.8 Å². The number of rotatable bonds is 4. The summed E-state index contributed by atoms with van der Waals surface area (Å²) >= 11 is 0. The zero-order valence-electron chi connectivity index (χ0n) is 12.0. The maximum atomic E-state index is 11.7. The first-order valence-electron chi connectivity index (χ1n) is 6.88. The van der Waals surface area contributed by atoms with Crippen molar-refractivity contribution < 1.29 is 13.2 Å². The molecule has 20 heavy (non-hydrogen) atoms. The Morgan fingerprint density at radius 1 is 1.45 bits per heavy atom. The molecule has 1 aliphatic rings. The summed E-state index contributed by atoms with van der Waals surface area (Å²) in [5.74, 6) is 0. The number of nitrogens with two attached hydrogens (primary N) is 1. The lowest BCUT2D eigenvalue weighted by molar-refractivity contribution is 0.0527. The van der Waals surface area contributed by atoms with Gasteiger partial charge in [0.05, 0.1) is 22.4 Å². The highest BCUT2D eigenvalue weighted by Gasteiger charge is 2.23. The van der Waals surface area contributed by atoms with Crippen molar-refractivity contribution in [2.24, 2.45) is 0 Å². The van der Waals surface area contributed by atoms with E-state index in [0.717, 1.165) is 31.6 Å². The van der Waals surface area contributed by atoms with Gasteiger partial charge in [-0.15, -0.1) is 0 Å². The molecule has 0 saturated carbocycles. The van der Waals surface area contributed by atoms with Gasteiger partial charge < -0.3 is 15.4 Å². The minimum atomic E-state index is -3.30. The third-order valence-electron chi connectivity index (χ3n) is 3.56. The first kappa shape index (κ1) is 15.1. The topological polar surface area (TPSA) is 72.6 Å². The molecule has 2 rings (SSSR count). The van der Waals surface area contributed by atoms with Gasteiger partial charge in [0.2, 0.25) is 0 Å². The summed E-state index contributed by atoms with van der Waals surface area (Å²) in [4.78, 5) is 2.32. The second-order valence-electron chi connectivity index (χ2n) is 5.13. The van der Waals surface area contributed by atoms with Crippen LogP contribution in [0.5, 0.6) is 0 Å². The van der Waals surface area contributed by atoms with Crippen LogP contribution in [0.2, 0.25) is 0 Å². The van der Waals surface area contributed by atoms with E-state index in [1.165, 1.54) is 6.26 Å². The number of sulfone groups is 1. The van der Waals surface area contributed by atoms with Crippen LogP contribution in [0.4, 0.5) is 11.4 Å². The van der Waals surface area contributed by atoms with Crippen LogP contribution in [-0.4, -0.2) is 40.5 Å². The summed E-state index contributed by atoms with van der Waals surface area (Å²) in [7, 11) is -3.30. The predicted molar refractivity (Wildman–Crippen MR) is 80.8 cm³/mol. The van der Waals surface area contributed by atoms with Crippen LogP contribution in [0.15, 0.2) is 23.1 Å². The highest BCUT2D eigenvalue weighted by molar-refractivity contribution is 7.90. The highest BCUT2D eigenvalue weighted by Crippen LogP contribution is 2.31. The number of hydrogen-bond donors (Lipinski definition) is 1. The molecule has 1 aromatic carbocycles. The molecule has 1 atom stereocenters. The van der Waals surface area contributed by atoms with Gasteiger partial charge in [-0.3, -0.25) is 0 Å². The third-order valence-corrected chi connectivity index (χ3v) is 4.72. The zero-order valence-corrected chi connectivity index (χ0v) is 12.8. The molecule has 112 valence electrons. The number of nitrogen functional groups attached to an aromatic ring is 1. The number of ether oxygens (including phenoxy) is 1. The average Bonchev–Trinajstić information content (AvgIpc) is 2.38. The van der Waals surface area contributed by atoms with Crippen molar-refractivity contribution in [1.29, 1.82) is 0 Å². The van der Waals surface area contributed by atoms with Crippen molar-refractivity contribution in [3.05, 3.63) is 18.2 Å². The lowest BCUT2D eigenvalue weighted by Gasteiger charge is -2.35. The van der Waals surface area contributed by atoms with Gasteiger partial charge in [-0.1, -0.05) is 6.07 Å². The number of benzene rings is 1. The molecule has 1 fully saturated rings. The Hall–Kier alpha value is -1.27. The lowest BCUT2D eigenvalue weighted by atomic mass is 10.1. The minimum absolute atomic E-state index is 0.190. The average molecular weight is 298 g/mol. The van der Waals surface area contributed by atoms with Gasteiger partial charge in [0, 0.05) is 26.0 Å². The van der Waals surface area contributed by atoms with Gasteiger partial charge in [0.15, 0.2) is 9.84 Å². The zero-order chi connectivity index (χ0) is 14.8. The first-order valence-corrected chi connectivity index (χ1v) is 8.77. The molecular formula is C14H22N2O3S. The molecule has 5 nitrogen and oxygen atoms in total. The fourth-order valence-corrected chi connectivity index (χ4v) is 3.49. The van der Waals surface area contributed by atoms with E-state index in [4.69, 9.17) is 10.5 Å². The highest BCUT2D eigenvalue weighted by atomic mass is 32.2. The van der Waals surface area contributed by atoms with Crippen LogP contribution in [0.3, 0.4) is 0 Å². The largest absolute Gasteiger partial charge is 0.396 e. The molecule has 1 saturated heterocycles.